The van der Waals surface area contributed by atoms with Crippen molar-refractivity contribution in [2.75, 3.05) is 11.6 Å². The second-order valence-electron chi connectivity index (χ2n) is 4.98. The predicted molar refractivity (Wildman–Crippen MR) is 82.3 cm³/mol. The highest BCUT2D eigenvalue weighted by Gasteiger charge is 2.31. The van der Waals surface area contributed by atoms with Crippen LogP contribution in [0, 0.1) is 0 Å². The number of hydrogen-bond donors (Lipinski definition) is 2. The number of benzene rings is 2. The number of hydrogen-bond acceptors (Lipinski definition) is 5. The van der Waals surface area contributed by atoms with Gasteiger partial charge in [0.15, 0.2) is 9.84 Å². The number of phenols is 1. The molecule has 0 aliphatic heterocycles. The minimum absolute atomic E-state index is 0.0310. The molecule has 0 bridgehead atoms. The van der Waals surface area contributed by atoms with E-state index in [0.29, 0.717) is 0 Å². The Hall–Kier alpha value is -2.75. The lowest BCUT2D eigenvalue weighted by molar-refractivity contribution is -0.274. The molecule has 0 fully saturated rings. The molecule has 0 aromatic heterocycles. The Morgan fingerprint density at radius 2 is 1.72 bits per heavy atom. The quantitative estimate of drug-likeness (QED) is 0.802. The van der Waals surface area contributed by atoms with Gasteiger partial charge in [0.25, 0.3) is 5.91 Å². The van der Waals surface area contributed by atoms with E-state index in [1.54, 1.807) is 0 Å². The van der Waals surface area contributed by atoms with Crippen molar-refractivity contribution >= 4 is 21.4 Å². The van der Waals surface area contributed by atoms with Crippen molar-refractivity contribution in [3.63, 3.8) is 0 Å². The summed E-state index contributed by atoms with van der Waals surface area (Å²) in [5, 5.41) is 11.9. The molecule has 0 aliphatic carbocycles. The van der Waals surface area contributed by atoms with Gasteiger partial charge in [0.05, 0.1) is 0 Å². The number of sulfone groups is 1. The Kier molecular flexibility index (Phi) is 4.93. The van der Waals surface area contributed by atoms with Crippen LogP contribution in [0.5, 0.6) is 11.5 Å². The van der Waals surface area contributed by atoms with E-state index in [0.717, 1.165) is 42.7 Å². The third-order valence-corrected chi connectivity index (χ3v) is 4.09. The lowest BCUT2D eigenvalue weighted by atomic mass is 10.2. The second kappa shape index (κ2) is 6.63. The average molecular weight is 375 g/mol. The summed E-state index contributed by atoms with van der Waals surface area (Å²) >= 11 is 0. The van der Waals surface area contributed by atoms with Crippen LogP contribution in [0.2, 0.25) is 0 Å². The van der Waals surface area contributed by atoms with E-state index >= 15 is 0 Å². The van der Waals surface area contributed by atoms with Gasteiger partial charge in [-0.15, -0.1) is 13.2 Å². The molecule has 2 aromatic rings. The number of phenolic OH excluding ortho intramolecular Hbond substituents is 1. The summed E-state index contributed by atoms with van der Waals surface area (Å²) in [4.78, 5) is 11.7. The van der Waals surface area contributed by atoms with E-state index in [1.807, 2.05) is 0 Å². The van der Waals surface area contributed by atoms with E-state index in [1.165, 1.54) is 6.07 Å². The predicted octanol–water partition coefficient (Wildman–Crippen LogP) is 2.95. The number of rotatable bonds is 4. The minimum atomic E-state index is -4.84. The van der Waals surface area contributed by atoms with E-state index in [2.05, 4.69) is 10.1 Å². The third-order valence-electron chi connectivity index (χ3n) is 2.97. The smallest absolute Gasteiger partial charge is 0.507 e. The number of carbonyl (C=O) groups excluding carboxylic acids is 1. The van der Waals surface area contributed by atoms with Crippen LogP contribution in [0.4, 0.5) is 18.9 Å². The Bertz CT molecular complexity index is 892. The first-order chi connectivity index (χ1) is 11.5. The molecule has 0 heterocycles. The Morgan fingerprint density at radius 1 is 1.12 bits per heavy atom. The van der Waals surface area contributed by atoms with Gasteiger partial charge in [0, 0.05) is 17.5 Å². The molecule has 0 saturated heterocycles. The van der Waals surface area contributed by atoms with Crippen molar-refractivity contribution < 1.29 is 36.2 Å². The number of ether oxygens (including phenoxy) is 1. The molecular formula is C15H12F3NO5S. The summed E-state index contributed by atoms with van der Waals surface area (Å²) in [6.45, 7) is 0. The van der Waals surface area contributed by atoms with Crippen molar-refractivity contribution in [2.45, 2.75) is 11.3 Å². The summed E-state index contributed by atoms with van der Waals surface area (Å²) in [6.07, 6.45) is -3.94. The molecule has 0 aliphatic rings. The first-order valence-corrected chi connectivity index (χ1v) is 8.55. The zero-order valence-electron chi connectivity index (χ0n) is 12.7. The lowest BCUT2D eigenvalue weighted by Gasteiger charge is -2.10. The number of carbonyl (C=O) groups is 1. The van der Waals surface area contributed by atoms with Gasteiger partial charge in [-0.3, -0.25) is 4.79 Å². The SMILES string of the molecule is CS(=O)(=O)c1cc(NC(=O)c2ccc(OC(F)(F)F)cc2)ccc1O. The van der Waals surface area contributed by atoms with Crippen LogP contribution in [0.1, 0.15) is 10.4 Å². The molecule has 0 atom stereocenters. The highest BCUT2D eigenvalue weighted by Crippen LogP contribution is 2.27. The molecule has 1 amide bonds. The fourth-order valence-corrected chi connectivity index (χ4v) is 2.69. The molecule has 134 valence electrons. The first-order valence-electron chi connectivity index (χ1n) is 6.66. The fourth-order valence-electron chi connectivity index (χ4n) is 1.90. The van der Waals surface area contributed by atoms with Crippen LogP contribution in [-0.2, 0) is 9.84 Å². The molecule has 0 spiro atoms. The Balaban J connectivity index is 2.17. The number of alkyl halides is 3. The van der Waals surface area contributed by atoms with E-state index in [4.69, 9.17) is 0 Å². The van der Waals surface area contributed by atoms with Crippen LogP contribution in [0.3, 0.4) is 0 Å². The van der Waals surface area contributed by atoms with Crippen LogP contribution < -0.4 is 10.1 Å². The van der Waals surface area contributed by atoms with Gasteiger partial charge in [-0.25, -0.2) is 8.42 Å². The van der Waals surface area contributed by atoms with Crippen molar-refractivity contribution in [3.05, 3.63) is 48.0 Å². The Labute approximate surface area is 140 Å². The molecule has 2 rings (SSSR count). The van der Waals surface area contributed by atoms with Crippen LogP contribution in [0.25, 0.3) is 0 Å². The van der Waals surface area contributed by atoms with Crippen molar-refractivity contribution in [2.24, 2.45) is 0 Å². The lowest BCUT2D eigenvalue weighted by Crippen LogP contribution is -2.17. The molecule has 10 heteroatoms. The van der Waals surface area contributed by atoms with E-state index < -0.39 is 33.6 Å². The van der Waals surface area contributed by atoms with Gasteiger partial charge in [-0.05, 0) is 42.5 Å². The summed E-state index contributed by atoms with van der Waals surface area (Å²) in [7, 11) is -3.70. The number of amides is 1. The summed E-state index contributed by atoms with van der Waals surface area (Å²) in [5.74, 6) is -1.62. The van der Waals surface area contributed by atoms with Crippen LogP contribution in [-0.4, -0.2) is 32.0 Å². The van der Waals surface area contributed by atoms with Gasteiger partial charge in [0.1, 0.15) is 16.4 Å². The first kappa shape index (κ1) is 18.6. The molecule has 0 radical (unpaired) electrons. The highest BCUT2D eigenvalue weighted by atomic mass is 32.2. The van der Waals surface area contributed by atoms with Crippen molar-refractivity contribution in [1.82, 2.24) is 0 Å². The molecule has 6 nitrogen and oxygen atoms in total. The second-order valence-corrected chi connectivity index (χ2v) is 6.97. The van der Waals surface area contributed by atoms with Crippen LogP contribution >= 0.6 is 0 Å². The number of nitrogens with one attached hydrogen (secondary N) is 1. The minimum Gasteiger partial charge on any atom is -0.507 e. The molecule has 2 N–H and O–H groups in total. The Morgan fingerprint density at radius 3 is 2.24 bits per heavy atom. The van der Waals surface area contributed by atoms with Crippen molar-refractivity contribution in [1.29, 1.82) is 0 Å². The molecule has 0 saturated carbocycles. The molecule has 2 aromatic carbocycles. The average Bonchev–Trinajstić information content (AvgIpc) is 2.47. The largest absolute Gasteiger partial charge is 0.573 e. The third kappa shape index (κ3) is 5.11. The van der Waals surface area contributed by atoms with Gasteiger partial charge in [-0.1, -0.05) is 0 Å². The maximum absolute atomic E-state index is 12.1. The van der Waals surface area contributed by atoms with Gasteiger partial charge in [-0.2, -0.15) is 0 Å². The molecule has 0 unspecified atom stereocenters. The maximum Gasteiger partial charge on any atom is 0.573 e. The fraction of sp³-hybridized carbons (Fsp3) is 0.133. The normalized spacial score (nSPS) is 11.8. The monoisotopic (exact) mass is 375 g/mol. The molecule has 25 heavy (non-hydrogen) atoms. The number of aromatic hydroxyl groups is 1. The highest BCUT2D eigenvalue weighted by molar-refractivity contribution is 7.90. The van der Waals surface area contributed by atoms with Gasteiger partial charge < -0.3 is 15.2 Å². The summed E-state index contributed by atoms with van der Waals surface area (Å²) in [6, 6.07) is 7.64. The summed E-state index contributed by atoms with van der Waals surface area (Å²) < 4.78 is 63.0. The van der Waals surface area contributed by atoms with Gasteiger partial charge in [0.2, 0.25) is 0 Å². The molecular weight excluding hydrogens is 363 g/mol. The van der Waals surface area contributed by atoms with E-state index in [9.17, 15) is 31.5 Å². The number of anilines is 1. The van der Waals surface area contributed by atoms with Crippen LogP contribution in [0.15, 0.2) is 47.4 Å². The summed E-state index contributed by atoms with van der Waals surface area (Å²) in [5.41, 5.74) is 0.127. The van der Waals surface area contributed by atoms with Gasteiger partial charge >= 0.3 is 6.36 Å². The zero-order valence-corrected chi connectivity index (χ0v) is 13.5. The standard InChI is InChI=1S/C15H12F3NO5S/c1-25(22,23)13-8-10(4-7-12(13)20)19-14(21)9-2-5-11(6-3-9)24-15(16,17)18/h2-8,20H,1H3,(H,19,21). The zero-order chi connectivity index (χ0) is 18.8. The van der Waals surface area contributed by atoms with E-state index in [-0.39, 0.29) is 16.1 Å². The van der Waals surface area contributed by atoms with Crippen molar-refractivity contribution in [3.8, 4) is 11.5 Å². The number of halogens is 3. The topological polar surface area (TPSA) is 92.7 Å². The maximum atomic E-state index is 12.1.